The smallest absolute Gasteiger partial charge is 0.417 e. The maximum absolute atomic E-state index is 14.2. The molecule has 17 heteroatoms. The van der Waals surface area contributed by atoms with Gasteiger partial charge >= 0.3 is 6.18 Å². The molecule has 224 valence electrons. The van der Waals surface area contributed by atoms with E-state index in [1.54, 1.807) is 0 Å². The fourth-order valence-electron chi connectivity index (χ4n) is 4.21. The molecule has 2 N–H and O–H groups in total. The van der Waals surface area contributed by atoms with Crippen molar-refractivity contribution in [3.8, 4) is 17.0 Å². The first-order valence-corrected chi connectivity index (χ1v) is 13.1. The summed E-state index contributed by atoms with van der Waals surface area (Å²) in [6, 6.07) is 0.787. The van der Waals surface area contributed by atoms with Gasteiger partial charge in [0, 0.05) is 49.4 Å². The van der Waals surface area contributed by atoms with Crippen molar-refractivity contribution in [1.29, 1.82) is 0 Å². The van der Waals surface area contributed by atoms with Gasteiger partial charge in [0.25, 0.3) is 0 Å². The average Bonchev–Trinajstić information content (AvgIpc) is 2.98. The Morgan fingerprint density at radius 3 is 2.24 bits per heavy atom. The molecule has 2 aromatic rings. The first-order chi connectivity index (χ1) is 19.9. The van der Waals surface area contributed by atoms with Crippen LogP contribution in [0.5, 0.6) is 5.75 Å². The molecule has 0 saturated carbocycles. The van der Waals surface area contributed by atoms with Crippen LogP contribution in [0.4, 0.5) is 30.8 Å². The van der Waals surface area contributed by atoms with Gasteiger partial charge in [0.1, 0.15) is 18.1 Å². The lowest BCUT2D eigenvalue weighted by Crippen LogP contribution is -2.40. The number of rotatable bonds is 13. The second-order valence-electron chi connectivity index (χ2n) is 8.90. The molecule has 0 unspecified atom stereocenters. The van der Waals surface area contributed by atoms with E-state index in [-0.39, 0.29) is 68.4 Å². The number of ether oxygens (including phenoxy) is 5. The molecule has 41 heavy (non-hydrogen) atoms. The van der Waals surface area contributed by atoms with Crippen molar-refractivity contribution in [3.63, 3.8) is 0 Å². The van der Waals surface area contributed by atoms with Gasteiger partial charge in [0.2, 0.25) is 5.95 Å². The number of morpholine rings is 2. The van der Waals surface area contributed by atoms with Crippen LogP contribution in [0, 0.1) is 0 Å². The number of azide groups is 1. The number of nitrogen functional groups attached to an aromatic ring is 1. The number of hydrogen-bond acceptors (Lipinski definition) is 12. The Morgan fingerprint density at radius 1 is 0.951 bits per heavy atom. The summed E-state index contributed by atoms with van der Waals surface area (Å²) in [7, 11) is 0. The van der Waals surface area contributed by atoms with Gasteiger partial charge in [-0.2, -0.15) is 18.2 Å². The van der Waals surface area contributed by atoms with E-state index in [9.17, 15) is 13.2 Å². The van der Waals surface area contributed by atoms with Crippen LogP contribution in [0.1, 0.15) is 5.56 Å². The molecule has 14 nitrogen and oxygen atoms in total. The zero-order valence-electron chi connectivity index (χ0n) is 22.4. The molecule has 2 aliphatic rings. The Balaban J connectivity index is 1.65. The summed E-state index contributed by atoms with van der Waals surface area (Å²) in [6.45, 7) is 4.73. The van der Waals surface area contributed by atoms with Crippen LogP contribution in [0.2, 0.25) is 0 Å². The minimum atomic E-state index is -4.73. The molecule has 2 fully saturated rings. The first kappa shape index (κ1) is 30.3. The zero-order valence-corrected chi connectivity index (χ0v) is 22.4. The van der Waals surface area contributed by atoms with Crippen molar-refractivity contribution in [2.45, 2.75) is 6.18 Å². The number of aromatic nitrogens is 3. The van der Waals surface area contributed by atoms with E-state index in [0.717, 1.165) is 12.3 Å². The van der Waals surface area contributed by atoms with E-state index in [1.165, 1.54) is 0 Å². The number of hydrogen-bond donors (Lipinski definition) is 1. The molecular weight excluding hydrogens is 551 g/mol. The molecular formula is C24H32F3N9O5. The van der Waals surface area contributed by atoms with E-state index in [4.69, 9.17) is 39.9 Å². The van der Waals surface area contributed by atoms with Crippen molar-refractivity contribution < 1.29 is 36.9 Å². The highest BCUT2D eigenvalue weighted by atomic mass is 19.4. The fraction of sp³-hybridized carbons (Fsp3) is 0.625. The van der Waals surface area contributed by atoms with E-state index in [0.29, 0.717) is 58.4 Å². The Bertz CT molecular complexity index is 1190. The van der Waals surface area contributed by atoms with E-state index < -0.39 is 11.7 Å². The van der Waals surface area contributed by atoms with Crippen molar-refractivity contribution in [1.82, 2.24) is 15.0 Å². The van der Waals surface area contributed by atoms with Gasteiger partial charge in [-0.25, -0.2) is 9.97 Å². The van der Waals surface area contributed by atoms with Gasteiger partial charge in [-0.3, -0.25) is 0 Å². The molecule has 0 aliphatic carbocycles. The number of anilines is 3. The molecule has 4 rings (SSSR count). The number of nitrogens with zero attached hydrogens (tertiary/aromatic N) is 8. The summed E-state index contributed by atoms with van der Waals surface area (Å²) in [5.74, 6) is 0.423. The third-order valence-electron chi connectivity index (χ3n) is 6.17. The number of alkyl halides is 3. The third-order valence-corrected chi connectivity index (χ3v) is 6.17. The van der Waals surface area contributed by atoms with Crippen molar-refractivity contribution in [2.24, 2.45) is 5.11 Å². The monoisotopic (exact) mass is 583 g/mol. The van der Waals surface area contributed by atoms with Gasteiger partial charge in [-0.1, -0.05) is 5.11 Å². The molecule has 0 bridgehead atoms. The molecule has 2 aromatic heterocycles. The third kappa shape index (κ3) is 8.43. The minimum absolute atomic E-state index is 0.00702. The van der Waals surface area contributed by atoms with Gasteiger partial charge in [-0.05, 0) is 11.6 Å². The lowest BCUT2D eigenvalue weighted by atomic mass is 10.1. The summed E-state index contributed by atoms with van der Waals surface area (Å²) < 4.78 is 70.4. The molecule has 0 amide bonds. The normalized spacial score (nSPS) is 16.0. The van der Waals surface area contributed by atoms with E-state index >= 15 is 0 Å². The predicted octanol–water partition coefficient (Wildman–Crippen LogP) is 2.54. The van der Waals surface area contributed by atoms with Crippen molar-refractivity contribution in [3.05, 3.63) is 28.3 Å². The van der Waals surface area contributed by atoms with Gasteiger partial charge in [0.15, 0.2) is 11.6 Å². The minimum Gasteiger partial charge on any atom is -0.485 e. The number of pyridine rings is 1. The average molecular weight is 584 g/mol. The van der Waals surface area contributed by atoms with Crippen molar-refractivity contribution in [2.75, 3.05) is 108 Å². The molecule has 2 saturated heterocycles. The van der Waals surface area contributed by atoms with Crippen LogP contribution in [0.15, 0.2) is 17.4 Å². The Labute approximate surface area is 234 Å². The second kappa shape index (κ2) is 14.8. The first-order valence-electron chi connectivity index (χ1n) is 13.1. The molecule has 0 radical (unpaired) electrons. The van der Waals surface area contributed by atoms with Gasteiger partial charge in [0.05, 0.1) is 58.4 Å². The topological polar surface area (TPSA) is 166 Å². The predicted molar refractivity (Wildman–Crippen MR) is 142 cm³/mol. The van der Waals surface area contributed by atoms with Gasteiger partial charge in [-0.15, -0.1) is 0 Å². The van der Waals surface area contributed by atoms with Crippen LogP contribution in [-0.2, 0) is 25.1 Å². The summed E-state index contributed by atoms with van der Waals surface area (Å²) in [4.78, 5) is 19.7. The Kier molecular flexibility index (Phi) is 11.0. The fourth-order valence-corrected chi connectivity index (χ4v) is 4.21. The largest absolute Gasteiger partial charge is 0.485 e. The van der Waals surface area contributed by atoms with Crippen LogP contribution >= 0.6 is 0 Å². The highest BCUT2D eigenvalue weighted by molar-refractivity contribution is 5.78. The zero-order chi connectivity index (χ0) is 29.1. The lowest BCUT2D eigenvalue weighted by Gasteiger charge is -2.32. The summed E-state index contributed by atoms with van der Waals surface area (Å²) >= 11 is 0. The Hall–Kier alpha value is -3.63. The van der Waals surface area contributed by atoms with Crippen LogP contribution in [0.25, 0.3) is 21.7 Å². The van der Waals surface area contributed by atoms with Gasteiger partial charge < -0.3 is 39.2 Å². The quantitative estimate of drug-likeness (QED) is 0.159. The molecule has 0 atom stereocenters. The summed E-state index contributed by atoms with van der Waals surface area (Å²) in [6.07, 6.45) is -3.67. The standard InChI is InChI=1S/C24H32F3N9O5/c25-24(26,27)18-15-19(28)30-16-17(18)20-21(41-14-13-40-12-11-37-6-1-31-34-29)22(35-2-7-38-8-3-35)33-23(32-20)36-4-9-39-10-5-36/h15-16H,1-14H2,(H2,28,30). The summed E-state index contributed by atoms with van der Waals surface area (Å²) in [5.41, 5.74) is 12.6. The van der Waals surface area contributed by atoms with Crippen LogP contribution < -0.4 is 20.3 Å². The van der Waals surface area contributed by atoms with Crippen LogP contribution in [-0.4, -0.2) is 107 Å². The molecule has 0 spiro atoms. The van der Waals surface area contributed by atoms with Crippen LogP contribution in [0.3, 0.4) is 0 Å². The molecule has 4 heterocycles. The SMILES string of the molecule is [N-]=[N+]=NCCOCCOCCOc1c(-c2cnc(N)cc2C(F)(F)F)nc(N2CCOCC2)nc1N1CCOCC1. The summed E-state index contributed by atoms with van der Waals surface area (Å²) in [5, 5.41) is 3.37. The highest BCUT2D eigenvalue weighted by Gasteiger charge is 2.37. The number of nitrogens with two attached hydrogens (primary N) is 1. The van der Waals surface area contributed by atoms with E-state index in [1.807, 2.05) is 9.80 Å². The maximum atomic E-state index is 14.2. The maximum Gasteiger partial charge on any atom is 0.417 e. The van der Waals surface area contributed by atoms with Crippen molar-refractivity contribution >= 4 is 17.6 Å². The highest BCUT2D eigenvalue weighted by Crippen LogP contribution is 2.43. The second-order valence-corrected chi connectivity index (χ2v) is 8.90. The molecule has 2 aliphatic heterocycles. The lowest BCUT2D eigenvalue weighted by molar-refractivity contribution is -0.137. The number of halogens is 3. The Morgan fingerprint density at radius 2 is 1.59 bits per heavy atom. The molecule has 0 aromatic carbocycles. The van der Waals surface area contributed by atoms with E-state index in [2.05, 4.69) is 20.0 Å².